The van der Waals surface area contributed by atoms with Crippen LogP contribution in [0.15, 0.2) is 30.3 Å². The van der Waals surface area contributed by atoms with Crippen LogP contribution in [-0.2, 0) is 14.3 Å². The number of amides is 2. The van der Waals surface area contributed by atoms with Gasteiger partial charge in [-0.25, -0.2) is 0 Å². The van der Waals surface area contributed by atoms with Gasteiger partial charge in [-0.05, 0) is 36.4 Å². The molecule has 0 aromatic heterocycles. The summed E-state index contributed by atoms with van der Waals surface area (Å²) in [5.41, 5.74) is -0.0712. The minimum atomic E-state index is -0.503. The van der Waals surface area contributed by atoms with E-state index < -0.39 is 5.60 Å². The van der Waals surface area contributed by atoms with E-state index in [0.717, 1.165) is 5.39 Å². The predicted molar refractivity (Wildman–Crippen MR) is 123 cm³/mol. The third kappa shape index (κ3) is 3.97. The largest absolute Gasteiger partial charge is 0.507 e. The third-order valence-corrected chi connectivity index (χ3v) is 7.18. The Balaban J connectivity index is 1.26. The highest BCUT2D eigenvalue weighted by atomic mass is 16.5. The number of aliphatic hydroxyl groups is 1. The summed E-state index contributed by atoms with van der Waals surface area (Å²) in [6.45, 7) is 2.65. The minimum absolute atomic E-state index is 0.0117. The highest BCUT2D eigenvalue weighted by molar-refractivity contribution is 6.03. The van der Waals surface area contributed by atoms with Gasteiger partial charge in [-0.15, -0.1) is 0 Å². The summed E-state index contributed by atoms with van der Waals surface area (Å²) in [5.74, 6) is 0.160. The zero-order chi connectivity index (χ0) is 23.9. The molecule has 2 amide bonds. The number of aliphatic hydroxyl groups excluding tert-OH is 1. The van der Waals surface area contributed by atoms with E-state index in [4.69, 9.17) is 14.2 Å². The van der Waals surface area contributed by atoms with Gasteiger partial charge in [-0.1, -0.05) is 12.1 Å². The van der Waals surface area contributed by atoms with Crippen molar-refractivity contribution in [1.82, 2.24) is 9.80 Å². The molecule has 5 rings (SSSR count). The number of nitrogens with zero attached hydrogens (tertiary/aromatic N) is 2. The molecule has 0 saturated carbocycles. The summed E-state index contributed by atoms with van der Waals surface area (Å²) in [4.78, 5) is 30.0. The molecule has 0 aliphatic carbocycles. The van der Waals surface area contributed by atoms with E-state index in [-0.39, 0.29) is 36.1 Å². The van der Waals surface area contributed by atoms with Gasteiger partial charge >= 0.3 is 0 Å². The Morgan fingerprint density at radius 1 is 1.24 bits per heavy atom. The molecule has 182 valence electrons. The number of carbonyl (C=O) groups is 2. The smallest absolute Gasteiger partial charge is 0.257 e. The first-order chi connectivity index (χ1) is 16.4. The van der Waals surface area contributed by atoms with E-state index in [1.54, 1.807) is 29.2 Å². The zero-order valence-corrected chi connectivity index (χ0v) is 19.2. The molecule has 3 saturated heterocycles. The van der Waals surface area contributed by atoms with Gasteiger partial charge in [0.15, 0.2) is 0 Å². The van der Waals surface area contributed by atoms with Crippen LogP contribution in [-0.4, -0.2) is 96.6 Å². The van der Waals surface area contributed by atoms with Crippen molar-refractivity contribution < 1.29 is 34.0 Å². The van der Waals surface area contributed by atoms with Crippen LogP contribution in [0.3, 0.4) is 0 Å². The van der Waals surface area contributed by atoms with E-state index in [9.17, 15) is 19.8 Å². The lowest BCUT2D eigenvalue weighted by Crippen LogP contribution is -2.63. The highest BCUT2D eigenvalue weighted by Gasteiger charge is 2.53. The second-order valence-electron chi connectivity index (χ2n) is 9.38. The second kappa shape index (κ2) is 9.05. The van der Waals surface area contributed by atoms with Gasteiger partial charge in [0.1, 0.15) is 17.1 Å². The molecule has 0 radical (unpaired) electrons. The molecule has 2 atom stereocenters. The van der Waals surface area contributed by atoms with Crippen LogP contribution in [0.4, 0.5) is 0 Å². The van der Waals surface area contributed by atoms with Crippen LogP contribution in [0.25, 0.3) is 10.8 Å². The maximum Gasteiger partial charge on any atom is 0.257 e. The van der Waals surface area contributed by atoms with E-state index in [2.05, 4.69) is 0 Å². The number of morpholine rings is 1. The minimum Gasteiger partial charge on any atom is -0.507 e. The topological polar surface area (TPSA) is 109 Å². The van der Waals surface area contributed by atoms with E-state index in [1.165, 1.54) is 7.11 Å². The predicted octanol–water partition coefficient (Wildman–Crippen LogP) is 1.39. The number of fused-ring (bicyclic) bond motifs is 1. The molecule has 1 spiro atoms. The average molecular weight is 471 g/mol. The van der Waals surface area contributed by atoms with Crippen molar-refractivity contribution in [1.29, 1.82) is 0 Å². The lowest BCUT2D eigenvalue weighted by Gasteiger charge is -2.47. The van der Waals surface area contributed by atoms with Crippen LogP contribution in [0.2, 0.25) is 0 Å². The van der Waals surface area contributed by atoms with Gasteiger partial charge in [0.05, 0.1) is 57.5 Å². The third-order valence-electron chi connectivity index (χ3n) is 7.18. The van der Waals surface area contributed by atoms with Gasteiger partial charge in [0.2, 0.25) is 5.91 Å². The fourth-order valence-corrected chi connectivity index (χ4v) is 5.38. The Morgan fingerprint density at radius 2 is 2.06 bits per heavy atom. The zero-order valence-electron chi connectivity index (χ0n) is 19.2. The molecule has 3 aliphatic rings. The molecule has 2 unspecified atom stereocenters. The molecule has 0 bridgehead atoms. The molecule has 2 aromatic carbocycles. The summed E-state index contributed by atoms with van der Waals surface area (Å²) in [6, 6.07) is 8.49. The molecule has 3 heterocycles. The Bertz CT molecular complexity index is 1100. The van der Waals surface area contributed by atoms with Crippen LogP contribution >= 0.6 is 0 Å². The number of hydrogen-bond acceptors (Lipinski definition) is 7. The summed E-state index contributed by atoms with van der Waals surface area (Å²) >= 11 is 0. The van der Waals surface area contributed by atoms with Crippen LogP contribution in [0.5, 0.6) is 11.5 Å². The van der Waals surface area contributed by atoms with Crippen molar-refractivity contribution in [2.45, 2.75) is 24.5 Å². The number of aromatic hydroxyl groups is 1. The Kier molecular flexibility index (Phi) is 6.09. The summed E-state index contributed by atoms with van der Waals surface area (Å²) in [6.07, 6.45) is 1.07. The van der Waals surface area contributed by atoms with Gasteiger partial charge in [-0.3, -0.25) is 9.59 Å². The van der Waals surface area contributed by atoms with Crippen molar-refractivity contribution in [2.75, 3.05) is 53.2 Å². The molecule has 34 heavy (non-hydrogen) atoms. The summed E-state index contributed by atoms with van der Waals surface area (Å²) < 4.78 is 17.0. The molecular weight excluding hydrogens is 440 g/mol. The fourth-order valence-electron chi connectivity index (χ4n) is 5.38. The Morgan fingerprint density at radius 3 is 2.82 bits per heavy atom. The summed E-state index contributed by atoms with van der Waals surface area (Å²) in [7, 11) is 1.50. The number of ether oxygens (including phenoxy) is 3. The number of rotatable bonds is 5. The van der Waals surface area contributed by atoms with E-state index in [1.807, 2.05) is 11.0 Å². The quantitative estimate of drug-likeness (QED) is 0.680. The van der Waals surface area contributed by atoms with Gasteiger partial charge < -0.3 is 34.2 Å². The normalized spacial score (nSPS) is 23.8. The van der Waals surface area contributed by atoms with Crippen molar-refractivity contribution in [3.63, 3.8) is 0 Å². The number of benzene rings is 2. The number of phenolic OH excluding ortho intramolecular Hbond substituents is 1. The first-order valence-electron chi connectivity index (χ1n) is 11.7. The average Bonchev–Trinajstić information content (AvgIpc) is 3.28. The standard InChI is InChI=1S/C25H30N2O7/c1-32-22-10-19-16(3-2-4-21(19)29)9-20(22)24(31)26-14-25(15-26)11-17(12-34-25)23(30)27-6-8-33-13-18(27)5-7-28/h2-4,9-10,17-18,28-29H,5-8,11-15H2,1H3. The molecule has 2 aromatic rings. The van der Waals surface area contributed by atoms with E-state index in [0.29, 0.717) is 69.0 Å². The Hall–Kier alpha value is -2.88. The first-order valence-corrected chi connectivity index (χ1v) is 11.7. The number of methoxy groups -OCH3 is 1. The van der Waals surface area contributed by atoms with Crippen molar-refractivity contribution in [3.05, 3.63) is 35.9 Å². The van der Waals surface area contributed by atoms with Gasteiger partial charge in [-0.2, -0.15) is 0 Å². The molecule has 9 heteroatoms. The molecular formula is C25H30N2O7. The SMILES string of the molecule is COc1cc2c(O)cccc2cc1C(=O)N1CC2(CC(C(=O)N3CCOCC3CCO)CO2)C1. The van der Waals surface area contributed by atoms with Crippen molar-refractivity contribution in [3.8, 4) is 11.5 Å². The van der Waals surface area contributed by atoms with Crippen molar-refractivity contribution >= 4 is 22.6 Å². The van der Waals surface area contributed by atoms with Gasteiger partial charge in [0.25, 0.3) is 5.91 Å². The molecule has 3 fully saturated rings. The maximum absolute atomic E-state index is 13.3. The first kappa shape index (κ1) is 22.9. The van der Waals surface area contributed by atoms with Crippen LogP contribution in [0.1, 0.15) is 23.2 Å². The van der Waals surface area contributed by atoms with Crippen LogP contribution in [0, 0.1) is 5.92 Å². The number of phenols is 1. The van der Waals surface area contributed by atoms with Crippen LogP contribution < -0.4 is 4.74 Å². The molecule has 9 nitrogen and oxygen atoms in total. The molecule has 3 aliphatic heterocycles. The highest BCUT2D eigenvalue weighted by Crippen LogP contribution is 2.41. The van der Waals surface area contributed by atoms with Crippen molar-refractivity contribution in [2.24, 2.45) is 5.92 Å². The molecule has 2 N–H and O–H groups in total. The number of carbonyl (C=O) groups excluding carboxylic acids is 2. The number of likely N-dealkylation sites (tertiary alicyclic amines) is 1. The fraction of sp³-hybridized carbons (Fsp3) is 0.520. The maximum atomic E-state index is 13.3. The Labute approximate surface area is 197 Å². The van der Waals surface area contributed by atoms with Gasteiger partial charge in [0, 0.05) is 18.5 Å². The monoisotopic (exact) mass is 470 g/mol. The van der Waals surface area contributed by atoms with E-state index >= 15 is 0 Å². The number of hydrogen-bond donors (Lipinski definition) is 2. The second-order valence-corrected chi connectivity index (χ2v) is 9.38. The lowest BCUT2D eigenvalue weighted by atomic mass is 9.85. The lowest BCUT2D eigenvalue weighted by molar-refractivity contribution is -0.144. The summed E-state index contributed by atoms with van der Waals surface area (Å²) in [5, 5.41) is 20.8.